The number of hydrogen-bond donors (Lipinski definition) is 1. The number of halogens is 4. The van der Waals surface area contributed by atoms with Crippen LogP contribution in [0, 0.1) is 6.92 Å². The Bertz CT molecular complexity index is 689. The maximum Gasteiger partial charge on any atom is 0.256 e. The van der Waals surface area contributed by atoms with Crippen molar-refractivity contribution in [3.8, 4) is 0 Å². The lowest BCUT2D eigenvalue weighted by atomic mass is 10.1. The van der Waals surface area contributed by atoms with Crippen LogP contribution in [0.2, 0.25) is 10.0 Å². The summed E-state index contributed by atoms with van der Waals surface area (Å²) in [5, 5.41) is 3.44. The van der Waals surface area contributed by atoms with Gasteiger partial charge in [0.05, 0.1) is 15.7 Å². The van der Waals surface area contributed by atoms with E-state index in [2.05, 4.69) is 37.2 Å². The first-order valence-corrected chi connectivity index (χ1v) is 7.95. The molecule has 0 aliphatic heterocycles. The Morgan fingerprint density at radius 1 is 1.10 bits per heavy atom. The van der Waals surface area contributed by atoms with Gasteiger partial charge in [-0.2, -0.15) is 0 Å². The van der Waals surface area contributed by atoms with E-state index in [0.717, 1.165) is 10.0 Å². The minimum Gasteiger partial charge on any atom is -0.321 e. The van der Waals surface area contributed by atoms with Crippen LogP contribution in [-0.2, 0) is 0 Å². The number of hydrogen-bond acceptors (Lipinski definition) is 1. The van der Waals surface area contributed by atoms with Crippen molar-refractivity contribution < 1.29 is 4.79 Å². The van der Waals surface area contributed by atoms with E-state index >= 15 is 0 Å². The first-order valence-electron chi connectivity index (χ1n) is 5.61. The average molecular weight is 438 g/mol. The Kier molecular flexibility index (Phi) is 5.13. The van der Waals surface area contributed by atoms with Gasteiger partial charge in [-0.15, -0.1) is 0 Å². The van der Waals surface area contributed by atoms with E-state index in [1.807, 2.05) is 19.1 Å². The van der Waals surface area contributed by atoms with Crippen LogP contribution in [0.5, 0.6) is 0 Å². The molecule has 0 aromatic heterocycles. The summed E-state index contributed by atoms with van der Waals surface area (Å²) in [6.07, 6.45) is 0. The Labute approximate surface area is 143 Å². The van der Waals surface area contributed by atoms with Crippen LogP contribution in [-0.4, -0.2) is 5.91 Å². The highest BCUT2D eigenvalue weighted by Crippen LogP contribution is 2.36. The van der Waals surface area contributed by atoms with E-state index in [1.54, 1.807) is 18.2 Å². The second-order valence-electron chi connectivity index (χ2n) is 4.14. The summed E-state index contributed by atoms with van der Waals surface area (Å²) in [6.45, 7) is 1.87. The van der Waals surface area contributed by atoms with E-state index in [-0.39, 0.29) is 5.91 Å². The molecule has 0 radical (unpaired) electrons. The number of carbonyl (C=O) groups excluding carboxylic acids is 1. The Morgan fingerprint density at radius 3 is 2.50 bits per heavy atom. The molecule has 20 heavy (non-hydrogen) atoms. The number of anilines is 1. The molecule has 0 saturated heterocycles. The van der Waals surface area contributed by atoms with Crippen molar-refractivity contribution in [3.63, 3.8) is 0 Å². The number of nitrogens with one attached hydrogen (secondary N) is 1. The zero-order valence-electron chi connectivity index (χ0n) is 10.3. The number of rotatable bonds is 2. The van der Waals surface area contributed by atoms with Gasteiger partial charge < -0.3 is 5.32 Å². The number of amides is 1. The SMILES string of the molecule is Cc1ccc(Br)cc1C(=O)Nc1ccc(Br)c(Cl)c1Cl. The average Bonchev–Trinajstić information content (AvgIpc) is 2.42. The maximum absolute atomic E-state index is 12.3. The van der Waals surface area contributed by atoms with Gasteiger partial charge in [0, 0.05) is 14.5 Å². The summed E-state index contributed by atoms with van der Waals surface area (Å²) in [4.78, 5) is 12.3. The molecular weight excluding hydrogens is 429 g/mol. The fourth-order valence-electron chi connectivity index (χ4n) is 1.65. The molecule has 0 saturated carbocycles. The van der Waals surface area contributed by atoms with Crippen molar-refractivity contribution in [2.75, 3.05) is 5.32 Å². The van der Waals surface area contributed by atoms with E-state index in [4.69, 9.17) is 23.2 Å². The molecule has 0 fully saturated rings. The van der Waals surface area contributed by atoms with E-state index in [9.17, 15) is 4.79 Å². The van der Waals surface area contributed by atoms with Gasteiger partial charge in [0.2, 0.25) is 0 Å². The third kappa shape index (κ3) is 3.37. The highest BCUT2D eigenvalue weighted by molar-refractivity contribution is 9.10. The topological polar surface area (TPSA) is 29.1 Å². The molecule has 104 valence electrons. The zero-order valence-corrected chi connectivity index (χ0v) is 15.0. The second-order valence-corrected chi connectivity index (χ2v) is 6.66. The molecule has 0 aliphatic rings. The van der Waals surface area contributed by atoms with Gasteiger partial charge in [0.25, 0.3) is 5.91 Å². The summed E-state index contributed by atoms with van der Waals surface area (Å²) in [7, 11) is 0. The monoisotopic (exact) mass is 435 g/mol. The van der Waals surface area contributed by atoms with Gasteiger partial charge in [-0.1, -0.05) is 45.2 Å². The quantitative estimate of drug-likeness (QED) is 0.567. The number of benzene rings is 2. The Morgan fingerprint density at radius 2 is 1.80 bits per heavy atom. The highest BCUT2D eigenvalue weighted by atomic mass is 79.9. The van der Waals surface area contributed by atoms with Crippen molar-refractivity contribution in [1.82, 2.24) is 0 Å². The van der Waals surface area contributed by atoms with Gasteiger partial charge in [-0.25, -0.2) is 0 Å². The molecule has 6 heteroatoms. The van der Waals surface area contributed by atoms with Crippen LogP contribution < -0.4 is 5.32 Å². The highest BCUT2D eigenvalue weighted by Gasteiger charge is 2.14. The molecule has 0 atom stereocenters. The number of aryl methyl sites for hydroxylation is 1. The molecule has 0 spiro atoms. The van der Waals surface area contributed by atoms with Gasteiger partial charge in [0.1, 0.15) is 0 Å². The van der Waals surface area contributed by atoms with Crippen LogP contribution in [0.1, 0.15) is 15.9 Å². The van der Waals surface area contributed by atoms with E-state index in [1.165, 1.54) is 0 Å². The Balaban J connectivity index is 2.33. The minimum atomic E-state index is -0.232. The maximum atomic E-state index is 12.3. The molecule has 0 heterocycles. The summed E-state index contributed by atoms with van der Waals surface area (Å²) in [5.74, 6) is -0.232. The molecular formula is C14H9Br2Cl2NO. The summed E-state index contributed by atoms with van der Waals surface area (Å²) >= 11 is 18.8. The molecule has 0 unspecified atom stereocenters. The largest absolute Gasteiger partial charge is 0.321 e. The zero-order chi connectivity index (χ0) is 14.9. The van der Waals surface area contributed by atoms with E-state index in [0.29, 0.717) is 25.8 Å². The molecule has 1 amide bonds. The van der Waals surface area contributed by atoms with Crippen LogP contribution in [0.25, 0.3) is 0 Å². The molecule has 2 nitrogen and oxygen atoms in total. The van der Waals surface area contributed by atoms with Gasteiger partial charge in [0.15, 0.2) is 0 Å². The lowest BCUT2D eigenvalue weighted by Gasteiger charge is -2.11. The normalized spacial score (nSPS) is 10.4. The first kappa shape index (κ1) is 15.8. The van der Waals surface area contributed by atoms with Crippen LogP contribution in [0.15, 0.2) is 39.3 Å². The molecule has 0 bridgehead atoms. The predicted molar refractivity (Wildman–Crippen MR) is 91.0 cm³/mol. The van der Waals surface area contributed by atoms with Crippen molar-refractivity contribution >= 4 is 66.7 Å². The van der Waals surface area contributed by atoms with Crippen LogP contribution in [0.3, 0.4) is 0 Å². The second kappa shape index (κ2) is 6.48. The van der Waals surface area contributed by atoms with E-state index < -0.39 is 0 Å². The van der Waals surface area contributed by atoms with Gasteiger partial charge in [-0.05, 0) is 52.7 Å². The Hall–Kier alpha value is -0.550. The standard InChI is InChI=1S/C14H9Br2Cl2NO/c1-7-2-3-8(15)6-9(7)14(20)19-11-5-4-10(16)12(17)13(11)18/h2-6H,1H3,(H,19,20). The number of carbonyl (C=O) groups is 1. The molecule has 2 rings (SSSR count). The summed E-state index contributed by atoms with van der Waals surface area (Å²) < 4.78 is 1.52. The van der Waals surface area contributed by atoms with Crippen molar-refractivity contribution in [2.45, 2.75) is 6.92 Å². The van der Waals surface area contributed by atoms with Crippen LogP contribution >= 0.6 is 55.1 Å². The van der Waals surface area contributed by atoms with Crippen LogP contribution in [0.4, 0.5) is 5.69 Å². The fourth-order valence-corrected chi connectivity index (χ4v) is 2.83. The lowest BCUT2D eigenvalue weighted by molar-refractivity contribution is 0.102. The molecule has 1 N–H and O–H groups in total. The van der Waals surface area contributed by atoms with Gasteiger partial charge in [-0.3, -0.25) is 4.79 Å². The van der Waals surface area contributed by atoms with Crippen molar-refractivity contribution in [2.24, 2.45) is 0 Å². The first-order chi connectivity index (χ1) is 9.40. The predicted octanol–water partition coefficient (Wildman–Crippen LogP) is 6.08. The minimum absolute atomic E-state index is 0.232. The lowest BCUT2D eigenvalue weighted by Crippen LogP contribution is -2.13. The van der Waals surface area contributed by atoms with Crippen molar-refractivity contribution in [1.29, 1.82) is 0 Å². The smallest absolute Gasteiger partial charge is 0.256 e. The molecule has 0 aliphatic carbocycles. The summed E-state index contributed by atoms with van der Waals surface area (Å²) in [6, 6.07) is 8.95. The third-order valence-corrected chi connectivity index (χ3v) is 4.99. The van der Waals surface area contributed by atoms with Gasteiger partial charge >= 0.3 is 0 Å². The molecule has 2 aromatic rings. The molecule has 2 aromatic carbocycles. The summed E-state index contributed by atoms with van der Waals surface area (Å²) in [5.41, 5.74) is 1.93. The fraction of sp³-hybridized carbons (Fsp3) is 0.0714. The third-order valence-electron chi connectivity index (χ3n) is 2.73. The van der Waals surface area contributed by atoms with Crippen molar-refractivity contribution in [3.05, 3.63) is 60.4 Å².